The Hall–Kier alpha value is -3.22. The number of halogens is 1. The molecule has 0 saturated carbocycles. The van der Waals surface area contributed by atoms with Crippen molar-refractivity contribution in [2.24, 2.45) is 0 Å². The molecule has 0 bridgehead atoms. The van der Waals surface area contributed by atoms with Crippen molar-refractivity contribution in [3.8, 4) is 0 Å². The zero-order valence-corrected chi connectivity index (χ0v) is 16.0. The standard InChI is InChI=1S/C21H22FN3O3/c1-21(2,3)25-18(26)15-9-8-14(12-16(15)19(25)27)24-20(28)23-11-10-13-6-4-5-7-17(13)22/h4-9,12H,10-11H2,1-3H3,(H2,23,24,28). The third-order valence-electron chi connectivity index (χ3n) is 4.45. The lowest BCUT2D eigenvalue weighted by molar-refractivity contribution is 0.0507. The van der Waals surface area contributed by atoms with Crippen molar-refractivity contribution in [2.75, 3.05) is 11.9 Å². The Morgan fingerprint density at radius 2 is 1.71 bits per heavy atom. The molecule has 2 aromatic carbocycles. The minimum Gasteiger partial charge on any atom is -0.338 e. The lowest BCUT2D eigenvalue weighted by atomic mass is 10.1. The largest absolute Gasteiger partial charge is 0.338 e. The van der Waals surface area contributed by atoms with Gasteiger partial charge in [0.1, 0.15) is 5.82 Å². The van der Waals surface area contributed by atoms with Crippen LogP contribution in [-0.2, 0) is 6.42 Å². The second kappa shape index (κ2) is 7.42. The van der Waals surface area contributed by atoms with Crippen molar-refractivity contribution in [3.63, 3.8) is 0 Å². The first-order valence-corrected chi connectivity index (χ1v) is 8.99. The highest BCUT2D eigenvalue weighted by Gasteiger charge is 2.41. The van der Waals surface area contributed by atoms with E-state index in [2.05, 4.69) is 10.6 Å². The fourth-order valence-electron chi connectivity index (χ4n) is 3.11. The number of carbonyl (C=O) groups is 3. The number of hydrogen-bond donors (Lipinski definition) is 2. The average Bonchev–Trinajstić information content (AvgIpc) is 2.87. The van der Waals surface area contributed by atoms with Crippen molar-refractivity contribution in [3.05, 3.63) is 65.0 Å². The summed E-state index contributed by atoms with van der Waals surface area (Å²) in [4.78, 5) is 38.4. The highest BCUT2D eigenvalue weighted by atomic mass is 19.1. The van der Waals surface area contributed by atoms with Crippen LogP contribution in [0.3, 0.4) is 0 Å². The molecule has 0 aromatic heterocycles. The number of nitrogens with one attached hydrogen (secondary N) is 2. The van der Waals surface area contributed by atoms with Crippen LogP contribution in [0.4, 0.5) is 14.9 Å². The van der Waals surface area contributed by atoms with Crippen LogP contribution in [0.2, 0.25) is 0 Å². The van der Waals surface area contributed by atoms with Crippen LogP contribution in [0, 0.1) is 5.82 Å². The number of carbonyl (C=O) groups excluding carboxylic acids is 3. The van der Waals surface area contributed by atoms with E-state index in [0.717, 1.165) is 0 Å². The topological polar surface area (TPSA) is 78.5 Å². The number of imide groups is 1. The van der Waals surface area contributed by atoms with Gasteiger partial charge in [-0.05, 0) is 57.0 Å². The molecule has 146 valence electrons. The first-order valence-electron chi connectivity index (χ1n) is 8.99. The van der Waals surface area contributed by atoms with E-state index in [0.29, 0.717) is 23.2 Å². The van der Waals surface area contributed by atoms with Gasteiger partial charge >= 0.3 is 6.03 Å². The van der Waals surface area contributed by atoms with Gasteiger partial charge in [0.05, 0.1) is 11.1 Å². The van der Waals surface area contributed by atoms with Gasteiger partial charge in [0.2, 0.25) is 0 Å². The van der Waals surface area contributed by atoms with Gasteiger partial charge in [-0.3, -0.25) is 14.5 Å². The molecule has 0 aliphatic carbocycles. The normalized spacial score (nSPS) is 13.5. The summed E-state index contributed by atoms with van der Waals surface area (Å²) in [5, 5.41) is 5.28. The zero-order valence-electron chi connectivity index (χ0n) is 16.0. The summed E-state index contributed by atoms with van der Waals surface area (Å²) >= 11 is 0. The van der Waals surface area contributed by atoms with Crippen LogP contribution in [0.15, 0.2) is 42.5 Å². The molecule has 1 aliphatic rings. The fraction of sp³-hybridized carbons (Fsp3) is 0.286. The smallest absolute Gasteiger partial charge is 0.319 e. The molecular formula is C21H22FN3O3. The quantitative estimate of drug-likeness (QED) is 0.792. The third kappa shape index (κ3) is 3.88. The Labute approximate surface area is 162 Å². The number of anilines is 1. The Morgan fingerprint density at radius 3 is 2.39 bits per heavy atom. The predicted molar refractivity (Wildman–Crippen MR) is 104 cm³/mol. The lowest BCUT2D eigenvalue weighted by Crippen LogP contribution is -2.45. The number of hydrogen-bond acceptors (Lipinski definition) is 3. The molecule has 4 amide bonds. The first kappa shape index (κ1) is 19.5. The van der Waals surface area contributed by atoms with E-state index in [1.54, 1.807) is 45.0 Å². The predicted octanol–water partition coefficient (Wildman–Crippen LogP) is 3.58. The van der Waals surface area contributed by atoms with Crippen LogP contribution >= 0.6 is 0 Å². The van der Waals surface area contributed by atoms with Crippen LogP contribution < -0.4 is 10.6 Å². The van der Waals surface area contributed by atoms with Crippen molar-refractivity contribution in [1.82, 2.24) is 10.2 Å². The van der Waals surface area contributed by atoms with Gasteiger partial charge in [-0.15, -0.1) is 0 Å². The molecule has 28 heavy (non-hydrogen) atoms. The molecule has 0 fully saturated rings. The Kier molecular flexibility index (Phi) is 5.18. The zero-order chi connectivity index (χ0) is 20.5. The number of benzene rings is 2. The molecular weight excluding hydrogens is 361 g/mol. The van der Waals surface area contributed by atoms with Gasteiger partial charge in [0.15, 0.2) is 0 Å². The SMILES string of the molecule is CC(C)(C)N1C(=O)c2ccc(NC(=O)NCCc3ccccc3F)cc2C1=O. The van der Waals surface area contributed by atoms with E-state index in [-0.39, 0.29) is 29.7 Å². The van der Waals surface area contributed by atoms with Gasteiger partial charge in [0, 0.05) is 17.8 Å². The number of rotatable bonds is 4. The summed E-state index contributed by atoms with van der Waals surface area (Å²) in [6.45, 7) is 5.62. The van der Waals surface area contributed by atoms with Gasteiger partial charge in [-0.1, -0.05) is 18.2 Å². The van der Waals surface area contributed by atoms with Gasteiger partial charge in [0.25, 0.3) is 11.8 Å². The fourth-order valence-corrected chi connectivity index (χ4v) is 3.11. The van der Waals surface area contributed by atoms with Crippen LogP contribution in [0.1, 0.15) is 47.1 Å². The molecule has 0 spiro atoms. The van der Waals surface area contributed by atoms with Crippen LogP contribution in [-0.4, -0.2) is 34.8 Å². The van der Waals surface area contributed by atoms with Gasteiger partial charge < -0.3 is 10.6 Å². The van der Waals surface area contributed by atoms with Crippen LogP contribution in [0.5, 0.6) is 0 Å². The second-order valence-corrected chi connectivity index (χ2v) is 7.60. The molecule has 3 rings (SSSR count). The Morgan fingerprint density at radius 1 is 1.04 bits per heavy atom. The van der Waals surface area contributed by atoms with Crippen molar-refractivity contribution >= 4 is 23.5 Å². The average molecular weight is 383 g/mol. The second-order valence-electron chi connectivity index (χ2n) is 7.60. The summed E-state index contributed by atoms with van der Waals surface area (Å²) < 4.78 is 13.6. The summed E-state index contributed by atoms with van der Waals surface area (Å²) in [6.07, 6.45) is 0.359. The maximum absolute atomic E-state index is 13.6. The van der Waals surface area contributed by atoms with Crippen molar-refractivity contribution in [2.45, 2.75) is 32.7 Å². The van der Waals surface area contributed by atoms with E-state index in [1.807, 2.05) is 0 Å². The minimum absolute atomic E-state index is 0.257. The molecule has 2 N–H and O–H groups in total. The van der Waals surface area contributed by atoms with Gasteiger partial charge in [-0.2, -0.15) is 0 Å². The number of urea groups is 1. The Balaban J connectivity index is 1.63. The molecule has 7 heteroatoms. The maximum atomic E-state index is 13.6. The summed E-state index contributed by atoms with van der Waals surface area (Å²) in [5.41, 5.74) is 0.880. The monoisotopic (exact) mass is 383 g/mol. The highest BCUT2D eigenvalue weighted by Crippen LogP contribution is 2.30. The van der Waals surface area contributed by atoms with E-state index < -0.39 is 11.6 Å². The summed E-state index contributed by atoms with van der Waals surface area (Å²) in [5.74, 6) is -1.03. The summed E-state index contributed by atoms with van der Waals surface area (Å²) in [7, 11) is 0. The number of amides is 4. The van der Waals surface area contributed by atoms with Gasteiger partial charge in [-0.25, -0.2) is 9.18 Å². The number of fused-ring (bicyclic) bond motifs is 1. The van der Waals surface area contributed by atoms with Crippen molar-refractivity contribution in [1.29, 1.82) is 0 Å². The highest BCUT2D eigenvalue weighted by molar-refractivity contribution is 6.22. The molecule has 0 unspecified atom stereocenters. The number of nitrogens with zero attached hydrogens (tertiary/aromatic N) is 1. The molecule has 1 heterocycles. The first-order chi connectivity index (χ1) is 13.2. The van der Waals surface area contributed by atoms with Crippen LogP contribution in [0.25, 0.3) is 0 Å². The Bertz CT molecular complexity index is 950. The molecule has 6 nitrogen and oxygen atoms in total. The molecule has 0 radical (unpaired) electrons. The molecule has 2 aromatic rings. The maximum Gasteiger partial charge on any atom is 0.319 e. The van der Waals surface area contributed by atoms with E-state index in [1.165, 1.54) is 23.1 Å². The summed E-state index contributed by atoms with van der Waals surface area (Å²) in [6, 6.07) is 10.5. The minimum atomic E-state index is -0.634. The lowest BCUT2D eigenvalue weighted by Gasteiger charge is -2.29. The third-order valence-corrected chi connectivity index (χ3v) is 4.45. The molecule has 0 atom stereocenters. The molecule has 0 saturated heterocycles. The van der Waals surface area contributed by atoms with Crippen molar-refractivity contribution < 1.29 is 18.8 Å². The van der Waals surface area contributed by atoms with E-state index in [9.17, 15) is 18.8 Å². The van der Waals surface area contributed by atoms with E-state index in [4.69, 9.17) is 0 Å². The molecule has 1 aliphatic heterocycles. The van der Waals surface area contributed by atoms with E-state index >= 15 is 0 Å².